The van der Waals surface area contributed by atoms with Crippen LogP contribution in [0.25, 0.3) is 11.1 Å². The number of hydrogen-bond donors (Lipinski definition) is 0. The number of halogens is 2. The van der Waals surface area contributed by atoms with Gasteiger partial charge in [0.2, 0.25) is 0 Å². The molecular weight excluding hydrogens is 341 g/mol. The van der Waals surface area contributed by atoms with Crippen LogP contribution < -0.4 is 5.11 Å². The number of hydrogen-bond acceptors (Lipinski definition) is 5. The number of pyridine rings is 1. The summed E-state index contributed by atoms with van der Waals surface area (Å²) in [6, 6.07) is 4.74. The lowest BCUT2D eigenvalue weighted by atomic mass is 9.92. The number of ether oxygens (including phenoxy) is 1. The molecule has 1 heterocycles. The van der Waals surface area contributed by atoms with Crippen LogP contribution in [0.4, 0.5) is 0 Å². The molecule has 0 atom stereocenters. The Bertz CT molecular complexity index is 818. The average Bonchev–Trinajstić information content (AvgIpc) is 2.48. The lowest BCUT2D eigenvalue weighted by molar-refractivity contribution is -0.255. The molecule has 1 aromatic carbocycles. The van der Waals surface area contributed by atoms with Gasteiger partial charge in [0.15, 0.2) is 0 Å². The molecule has 0 aliphatic carbocycles. The molecule has 0 bridgehead atoms. The second-order valence-electron chi connectivity index (χ2n) is 4.79. The molecule has 0 spiro atoms. The van der Waals surface area contributed by atoms with Gasteiger partial charge in [-0.2, -0.15) is 0 Å². The highest BCUT2D eigenvalue weighted by Crippen LogP contribution is 2.38. The number of rotatable bonds is 3. The molecule has 7 heteroatoms. The molecule has 0 saturated heterocycles. The van der Waals surface area contributed by atoms with Crippen LogP contribution in [0.2, 0.25) is 10.0 Å². The molecule has 0 radical (unpaired) electrons. The Labute approximate surface area is 142 Å². The summed E-state index contributed by atoms with van der Waals surface area (Å²) >= 11 is 12.2. The van der Waals surface area contributed by atoms with Gasteiger partial charge in [-0.25, -0.2) is 4.79 Å². The maximum atomic E-state index is 12.2. The van der Waals surface area contributed by atoms with Crippen molar-refractivity contribution in [2.45, 2.75) is 13.8 Å². The molecular formula is C16H12Cl2NO4-. The van der Waals surface area contributed by atoms with E-state index in [1.807, 2.05) is 0 Å². The Kier molecular flexibility index (Phi) is 4.92. The number of methoxy groups -OCH3 is 1. The van der Waals surface area contributed by atoms with Crippen molar-refractivity contribution in [2.24, 2.45) is 0 Å². The van der Waals surface area contributed by atoms with Crippen molar-refractivity contribution in [1.82, 2.24) is 4.98 Å². The number of carboxylic acid groups (broad SMARTS) is 1. The minimum atomic E-state index is -1.47. The molecule has 0 fully saturated rings. The summed E-state index contributed by atoms with van der Waals surface area (Å²) < 4.78 is 4.76. The van der Waals surface area contributed by atoms with Crippen LogP contribution in [0, 0.1) is 13.8 Å². The third-order valence-electron chi connectivity index (χ3n) is 3.37. The molecule has 0 N–H and O–H groups in total. The summed E-state index contributed by atoms with van der Waals surface area (Å²) in [5.74, 6) is -2.19. The van der Waals surface area contributed by atoms with Gasteiger partial charge in [-0.1, -0.05) is 35.3 Å². The quantitative estimate of drug-likeness (QED) is 0.793. The number of carbonyl (C=O) groups is 2. The molecule has 2 aromatic rings. The van der Waals surface area contributed by atoms with Gasteiger partial charge in [-0.15, -0.1) is 0 Å². The first kappa shape index (κ1) is 17.2. The van der Waals surface area contributed by atoms with Gasteiger partial charge >= 0.3 is 5.97 Å². The monoisotopic (exact) mass is 352 g/mol. The Balaban J connectivity index is 3.01. The first-order chi connectivity index (χ1) is 10.8. The molecule has 5 nitrogen and oxygen atoms in total. The lowest BCUT2D eigenvalue weighted by Gasteiger charge is -2.19. The predicted octanol–water partition coefficient (Wildman–Crippen LogP) is 2.82. The van der Waals surface area contributed by atoms with Crippen molar-refractivity contribution in [2.75, 3.05) is 7.11 Å². The average molecular weight is 353 g/mol. The summed E-state index contributed by atoms with van der Waals surface area (Å²) in [6.07, 6.45) is 0. The molecule has 2 rings (SSSR count). The zero-order valence-corrected chi connectivity index (χ0v) is 14.1. The third-order valence-corrected chi connectivity index (χ3v) is 4.19. The molecule has 120 valence electrons. The second kappa shape index (κ2) is 6.56. The van der Waals surface area contributed by atoms with Gasteiger partial charge in [-0.05, 0) is 19.9 Å². The summed E-state index contributed by atoms with van der Waals surface area (Å²) in [6.45, 7) is 3.10. The largest absolute Gasteiger partial charge is 0.545 e. The number of aryl methyl sites for hydroxylation is 2. The van der Waals surface area contributed by atoms with Crippen molar-refractivity contribution in [1.29, 1.82) is 0 Å². The van der Waals surface area contributed by atoms with E-state index in [4.69, 9.17) is 27.9 Å². The zero-order chi connectivity index (χ0) is 17.3. The normalized spacial score (nSPS) is 10.5. The molecule has 0 amide bonds. The summed E-state index contributed by atoms with van der Waals surface area (Å²) in [7, 11) is 1.20. The molecule has 1 aromatic heterocycles. The summed E-state index contributed by atoms with van der Waals surface area (Å²) in [5, 5.41) is 12.0. The predicted molar refractivity (Wildman–Crippen MR) is 84.8 cm³/mol. The van der Waals surface area contributed by atoms with E-state index in [2.05, 4.69) is 4.98 Å². The zero-order valence-electron chi connectivity index (χ0n) is 12.6. The first-order valence-corrected chi connectivity index (χ1v) is 7.30. The molecule has 0 aliphatic heterocycles. The molecule has 0 unspecified atom stereocenters. The fourth-order valence-corrected chi connectivity index (χ4v) is 2.81. The van der Waals surface area contributed by atoms with Crippen molar-refractivity contribution in [3.05, 3.63) is 50.8 Å². The summed E-state index contributed by atoms with van der Waals surface area (Å²) in [4.78, 5) is 27.9. The number of aromatic carboxylic acids is 1. The first-order valence-electron chi connectivity index (χ1n) is 6.54. The molecule has 0 saturated carbocycles. The highest BCUT2D eigenvalue weighted by Gasteiger charge is 2.25. The minimum absolute atomic E-state index is 0.0152. The van der Waals surface area contributed by atoms with E-state index in [0.29, 0.717) is 11.3 Å². The molecule has 23 heavy (non-hydrogen) atoms. The van der Waals surface area contributed by atoms with E-state index < -0.39 is 11.9 Å². The van der Waals surface area contributed by atoms with E-state index in [1.54, 1.807) is 25.1 Å². The highest BCUT2D eigenvalue weighted by molar-refractivity contribution is 6.44. The number of benzene rings is 1. The Hall–Kier alpha value is -2.11. The van der Waals surface area contributed by atoms with E-state index >= 15 is 0 Å². The number of carbonyl (C=O) groups excluding carboxylic acids is 2. The number of nitrogens with zero attached hydrogens (tertiary/aromatic N) is 1. The third kappa shape index (κ3) is 3.02. The number of carboxylic acids is 1. The van der Waals surface area contributed by atoms with Crippen LogP contribution >= 0.6 is 23.2 Å². The Morgan fingerprint density at radius 3 is 2.30 bits per heavy atom. The van der Waals surface area contributed by atoms with Crippen molar-refractivity contribution in [3.63, 3.8) is 0 Å². The van der Waals surface area contributed by atoms with Gasteiger partial charge in [0.1, 0.15) is 0 Å². The maximum Gasteiger partial charge on any atom is 0.340 e. The van der Waals surface area contributed by atoms with Gasteiger partial charge < -0.3 is 14.6 Å². The maximum absolute atomic E-state index is 12.2. The number of aromatic nitrogens is 1. The fraction of sp³-hybridized carbons (Fsp3) is 0.188. The number of esters is 1. The standard InChI is InChI=1S/C16H13Cl2NO4/c1-7-11(15(20)21)13(9-5-4-6-10(17)14(9)18)12(8(2)19-7)16(22)23-3/h4-6H,1-3H3,(H,20,21)/p-1. The van der Waals surface area contributed by atoms with Gasteiger partial charge in [0, 0.05) is 22.4 Å². The van der Waals surface area contributed by atoms with Crippen LogP contribution in [0.1, 0.15) is 32.1 Å². The Morgan fingerprint density at radius 1 is 1.13 bits per heavy atom. The minimum Gasteiger partial charge on any atom is -0.545 e. The highest BCUT2D eigenvalue weighted by atomic mass is 35.5. The van der Waals surface area contributed by atoms with Gasteiger partial charge in [-0.3, -0.25) is 4.98 Å². The topological polar surface area (TPSA) is 79.3 Å². The van der Waals surface area contributed by atoms with Crippen LogP contribution in [-0.2, 0) is 4.74 Å². The lowest BCUT2D eigenvalue weighted by Crippen LogP contribution is -2.26. The summed E-state index contributed by atoms with van der Waals surface area (Å²) in [5.41, 5.74) is 0.718. The van der Waals surface area contributed by atoms with E-state index in [0.717, 1.165) is 0 Å². The van der Waals surface area contributed by atoms with E-state index in [-0.39, 0.29) is 32.4 Å². The van der Waals surface area contributed by atoms with Crippen LogP contribution in [0.15, 0.2) is 18.2 Å². The second-order valence-corrected chi connectivity index (χ2v) is 5.57. The Morgan fingerprint density at radius 2 is 1.74 bits per heavy atom. The SMILES string of the molecule is COC(=O)c1c(C)nc(C)c(C(=O)[O-])c1-c1cccc(Cl)c1Cl. The fourth-order valence-electron chi connectivity index (χ4n) is 2.42. The smallest absolute Gasteiger partial charge is 0.340 e. The van der Waals surface area contributed by atoms with Crippen LogP contribution in [-0.4, -0.2) is 24.0 Å². The van der Waals surface area contributed by atoms with Gasteiger partial charge in [0.25, 0.3) is 0 Å². The molecule has 0 aliphatic rings. The van der Waals surface area contributed by atoms with Crippen LogP contribution in [0.3, 0.4) is 0 Å². The van der Waals surface area contributed by atoms with Crippen molar-refractivity contribution < 1.29 is 19.4 Å². The van der Waals surface area contributed by atoms with Crippen LogP contribution in [0.5, 0.6) is 0 Å². The van der Waals surface area contributed by atoms with E-state index in [9.17, 15) is 14.7 Å². The van der Waals surface area contributed by atoms with E-state index in [1.165, 1.54) is 14.0 Å². The van der Waals surface area contributed by atoms with Crippen molar-refractivity contribution >= 4 is 35.1 Å². The van der Waals surface area contributed by atoms with Crippen molar-refractivity contribution in [3.8, 4) is 11.1 Å². The van der Waals surface area contributed by atoms with Gasteiger partial charge in [0.05, 0.1) is 34.4 Å².